The van der Waals surface area contributed by atoms with Gasteiger partial charge in [0.25, 0.3) is 0 Å². The van der Waals surface area contributed by atoms with Gasteiger partial charge in [0.1, 0.15) is 5.82 Å². The van der Waals surface area contributed by atoms with Crippen molar-refractivity contribution in [2.45, 2.75) is 57.3 Å². The van der Waals surface area contributed by atoms with Gasteiger partial charge >= 0.3 is 5.97 Å². The summed E-state index contributed by atoms with van der Waals surface area (Å²) in [5.41, 5.74) is 1.90. The molecule has 4 nitrogen and oxygen atoms in total. The summed E-state index contributed by atoms with van der Waals surface area (Å²) in [6, 6.07) is 0. The van der Waals surface area contributed by atoms with Crippen LogP contribution >= 0.6 is 0 Å². The number of nitrogens with zero attached hydrogens (tertiary/aromatic N) is 1. The van der Waals surface area contributed by atoms with E-state index in [0.29, 0.717) is 0 Å². The van der Waals surface area contributed by atoms with Crippen LogP contribution in [0.15, 0.2) is 0 Å². The number of rotatable bonds is 3. The Bertz CT molecular complexity index is 526. The molecular weight excluding hydrogens is 252 g/mol. The fraction of sp³-hybridized carbons (Fsp3) is 0.750. The number of carboxylic acids is 1. The van der Waals surface area contributed by atoms with E-state index in [-0.39, 0.29) is 11.8 Å². The summed E-state index contributed by atoms with van der Waals surface area (Å²) >= 11 is 0. The van der Waals surface area contributed by atoms with Gasteiger partial charge in [-0.3, -0.25) is 4.79 Å². The number of carbonyl (C=O) groups is 1. The molecule has 0 amide bonds. The van der Waals surface area contributed by atoms with Crippen molar-refractivity contribution in [1.82, 2.24) is 9.97 Å². The Labute approximate surface area is 119 Å². The van der Waals surface area contributed by atoms with Crippen LogP contribution < -0.4 is 0 Å². The number of aromatic amines is 1. The van der Waals surface area contributed by atoms with Gasteiger partial charge in [-0.25, -0.2) is 4.98 Å². The SMILES string of the molecule is Cc1[nH]c(C23CC4CC(CC(C4)C2)C3)nc1CC(=O)O. The fourth-order valence-electron chi connectivity index (χ4n) is 5.46. The quantitative estimate of drug-likeness (QED) is 0.890. The van der Waals surface area contributed by atoms with E-state index >= 15 is 0 Å². The van der Waals surface area contributed by atoms with Crippen LogP contribution in [0, 0.1) is 24.7 Å². The molecule has 5 rings (SSSR count). The topological polar surface area (TPSA) is 66.0 Å². The van der Waals surface area contributed by atoms with Crippen LogP contribution in [0.5, 0.6) is 0 Å². The molecule has 4 saturated carbocycles. The van der Waals surface area contributed by atoms with E-state index in [2.05, 4.69) is 4.98 Å². The second-order valence-electron chi connectivity index (χ2n) is 7.43. The maximum absolute atomic E-state index is 10.9. The third-order valence-electron chi connectivity index (χ3n) is 5.84. The molecule has 2 N–H and O–H groups in total. The number of aliphatic carboxylic acids is 1. The number of nitrogens with one attached hydrogen (secondary N) is 1. The van der Waals surface area contributed by atoms with Crippen molar-refractivity contribution < 1.29 is 9.90 Å². The zero-order valence-corrected chi connectivity index (χ0v) is 12.0. The van der Waals surface area contributed by atoms with E-state index in [1.165, 1.54) is 38.5 Å². The maximum atomic E-state index is 10.9. The lowest BCUT2D eigenvalue weighted by molar-refractivity contribution is -0.136. The van der Waals surface area contributed by atoms with Gasteiger partial charge < -0.3 is 10.1 Å². The van der Waals surface area contributed by atoms with Crippen LogP contribution in [0.3, 0.4) is 0 Å². The van der Waals surface area contributed by atoms with Gasteiger partial charge in [0.15, 0.2) is 0 Å². The zero-order chi connectivity index (χ0) is 13.9. The number of imidazole rings is 1. The molecule has 0 unspecified atom stereocenters. The molecule has 0 atom stereocenters. The molecule has 4 bridgehead atoms. The first kappa shape index (κ1) is 12.4. The van der Waals surface area contributed by atoms with Crippen molar-refractivity contribution in [2.75, 3.05) is 0 Å². The molecule has 0 aliphatic heterocycles. The minimum absolute atomic E-state index is 0.0364. The van der Waals surface area contributed by atoms with Gasteiger partial charge in [0.05, 0.1) is 12.1 Å². The Hall–Kier alpha value is -1.32. The molecule has 1 aromatic heterocycles. The standard InChI is InChI=1S/C16H22N2O2/c1-9-13(5-14(19)20)18-15(17-9)16-6-10-2-11(7-16)4-12(3-10)8-16/h10-12H,2-8H2,1H3,(H,17,18)(H,19,20). The first-order chi connectivity index (χ1) is 9.54. The fourth-order valence-corrected chi connectivity index (χ4v) is 5.46. The molecule has 4 heteroatoms. The Balaban J connectivity index is 1.68. The highest BCUT2D eigenvalue weighted by atomic mass is 16.4. The molecule has 0 saturated heterocycles. The highest BCUT2D eigenvalue weighted by Crippen LogP contribution is 2.60. The summed E-state index contributed by atoms with van der Waals surface area (Å²) in [5.74, 6) is 2.95. The highest BCUT2D eigenvalue weighted by Gasteiger charge is 2.53. The van der Waals surface area contributed by atoms with Crippen LogP contribution in [-0.2, 0) is 16.6 Å². The molecular formula is C16H22N2O2. The van der Waals surface area contributed by atoms with E-state index in [0.717, 1.165) is 35.0 Å². The van der Waals surface area contributed by atoms with Crippen molar-refractivity contribution in [1.29, 1.82) is 0 Å². The van der Waals surface area contributed by atoms with Crippen LogP contribution in [0.25, 0.3) is 0 Å². The third-order valence-corrected chi connectivity index (χ3v) is 5.84. The van der Waals surface area contributed by atoms with Crippen LogP contribution in [0.1, 0.15) is 55.7 Å². The highest BCUT2D eigenvalue weighted by molar-refractivity contribution is 5.69. The van der Waals surface area contributed by atoms with Crippen molar-refractivity contribution in [3.05, 3.63) is 17.2 Å². The van der Waals surface area contributed by atoms with Crippen molar-refractivity contribution in [3.8, 4) is 0 Å². The first-order valence-corrected chi connectivity index (χ1v) is 7.82. The van der Waals surface area contributed by atoms with Gasteiger partial charge in [-0.2, -0.15) is 0 Å². The predicted octanol–water partition coefficient (Wildman–Crippen LogP) is 2.81. The maximum Gasteiger partial charge on any atom is 0.309 e. The van der Waals surface area contributed by atoms with Gasteiger partial charge in [-0.15, -0.1) is 0 Å². The van der Waals surface area contributed by atoms with Gasteiger partial charge in [0, 0.05) is 11.1 Å². The van der Waals surface area contributed by atoms with E-state index < -0.39 is 5.97 Å². The normalized spacial score (nSPS) is 38.4. The molecule has 0 radical (unpaired) electrons. The summed E-state index contributed by atoms with van der Waals surface area (Å²) in [7, 11) is 0. The van der Waals surface area contributed by atoms with Crippen molar-refractivity contribution in [2.24, 2.45) is 17.8 Å². The molecule has 4 aliphatic rings. The largest absolute Gasteiger partial charge is 0.481 e. The molecule has 1 aromatic rings. The molecule has 4 aliphatic carbocycles. The predicted molar refractivity (Wildman–Crippen MR) is 74.5 cm³/mol. The van der Waals surface area contributed by atoms with Crippen LogP contribution in [0.4, 0.5) is 0 Å². The molecule has 20 heavy (non-hydrogen) atoms. The summed E-state index contributed by atoms with van der Waals surface area (Å²) in [6.45, 7) is 1.95. The summed E-state index contributed by atoms with van der Waals surface area (Å²) < 4.78 is 0. The molecule has 108 valence electrons. The molecule has 1 heterocycles. The number of hydrogen-bond acceptors (Lipinski definition) is 2. The monoisotopic (exact) mass is 274 g/mol. The average molecular weight is 274 g/mol. The van der Waals surface area contributed by atoms with E-state index in [4.69, 9.17) is 10.1 Å². The average Bonchev–Trinajstić information content (AvgIpc) is 2.69. The van der Waals surface area contributed by atoms with Gasteiger partial charge in [-0.1, -0.05) is 0 Å². The second kappa shape index (κ2) is 4.09. The smallest absolute Gasteiger partial charge is 0.309 e. The van der Waals surface area contributed by atoms with E-state index in [1.54, 1.807) is 0 Å². The lowest BCUT2D eigenvalue weighted by atomic mass is 9.49. The number of carboxylic acid groups (broad SMARTS) is 1. The number of aromatic nitrogens is 2. The minimum Gasteiger partial charge on any atom is -0.481 e. The Morgan fingerprint density at radius 1 is 1.25 bits per heavy atom. The van der Waals surface area contributed by atoms with Gasteiger partial charge in [0.2, 0.25) is 0 Å². The van der Waals surface area contributed by atoms with Crippen molar-refractivity contribution >= 4 is 5.97 Å². The Morgan fingerprint density at radius 2 is 1.80 bits per heavy atom. The Kier molecular flexibility index (Phi) is 2.54. The minimum atomic E-state index is -0.795. The second-order valence-corrected chi connectivity index (χ2v) is 7.43. The Morgan fingerprint density at radius 3 is 2.30 bits per heavy atom. The van der Waals surface area contributed by atoms with E-state index in [1.807, 2.05) is 6.92 Å². The summed E-state index contributed by atoms with van der Waals surface area (Å²) in [5, 5.41) is 8.98. The molecule has 4 fully saturated rings. The zero-order valence-electron chi connectivity index (χ0n) is 12.0. The first-order valence-electron chi connectivity index (χ1n) is 7.82. The van der Waals surface area contributed by atoms with Crippen molar-refractivity contribution in [3.63, 3.8) is 0 Å². The van der Waals surface area contributed by atoms with Crippen LogP contribution in [-0.4, -0.2) is 21.0 Å². The summed E-state index contributed by atoms with van der Waals surface area (Å²) in [4.78, 5) is 19.1. The number of aryl methyl sites for hydroxylation is 1. The van der Waals surface area contributed by atoms with E-state index in [9.17, 15) is 4.79 Å². The van der Waals surface area contributed by atoms with Crippen LogP contribution in [0.2, 0.25) is 0 Å². The third kappa shape index (κ3) is 1.80. The lowest BCUT2D eigenvalue weighted by Crippen LogP contribution is -2.49. The molecule has 0 spiro atoms. The summed E-state index contributed by atoms with van der Waals surface area (Å²) in [6.07, 6.45) is 8.08. The molecule has 0 aromatic carbocycles. The lowest BCUT2D eigenvalue weighted by Gasteiger charge is -2.56. The number of hydrogen-bond donors (Lipinski definition) is 2. The van der Waals surface area contributed by atoms with Gasteiger partial charge in [-0.05, 0) is 63.2 Å². The number of H-pyrrole nitrogens is 1.